The SMILES string of the molecule is N#CC(C(=O)C1CCOCC1)c1ccc(Cl)c(Cl)c1. The van der Waals surface area contributed by atoms with E-state index in [1.165, 1.54) is 0 Å². The predicted molar refractivity (Wildman–Crippen MR) is 73.4 cm³/mol. The highest BCUT2D eigenvalue weighted by Crippen LogP contribution is 2.30. The Morgan fingerprint density at radius 3 is 2.58 bits per heavy atom. The molecule has 0 radical (unpaired) electrons. The first-order valence-electron chi connectivity index (χ1n) is 6.09. The van der Waals surface area contributed by atoms with Crippen molar-refractivity contribution in [1.29, 1.82) is 5.26 Å². The number of nitriles is 1. The predicted octanol–water partition coefficient (Wildman–Crippen LogP) is 3.60. The van der Waals surface area contributed by atoms with Crippen molar-refractivity contribution in [2.75, 3.05) is 13.2 Å². The van der Waals surface area contributed by atoms with Crippen LogP contribution in [-0.2, 0) is 9.53 Å². The van der Waals surface area contributed by atoms with Crippen LogP contribution in [0.15, 0.2) is 18.2 Å². The van der Waals surface area contributed by atoms with Gasteiger partial charge in [0.15, 0.2) is 5.78 Å². The zero-order valence-corrected chi connectivity index (χ0v) is 11.7. The third kappa shape index (κ3) is 3.27. The number of rotatable bonds is 3. The Labute approximate surface area is 122 Å². The van der Waals surface area contributed by atoms with Gasteiger partial charge in [0.1, 0.15) is 5.92 Å². The molecular formula is C14H13Cl2NO2. The Bertz CT molecular complexity index is 519. The lowest BCUT2D eigenvalue weighted by atomic mass is 9.84. The molecule has 1 saturated heterocycles. The summed E-state index contributed by atoms with van der Waals surface area (Å²) in [5.74, 6) is -0.935. The summed E-state index contributed by atoms with van der Waals surface area (Å²) in [6.45, 7) is 1.16. The van der Waals surface area contributed by atoms with Crippen LogP contribution in [0, 0.1) is 17.2 Å². The highest BCUT2D eigenvalue weighted by molar-refractivity contribution is 6.42. The summed E-state index contributed by atoms with van der Waals surface area (Å²) in [5.41, 5.74) is 0.605. The van der Waals surface area contributed by atoms with Crippen LogP contribution in [0.4, 0.5) is 0 Å². The van der Waals surface area contributed by atoms with Crippen LogP contribution in [-0.4, -0.2) is 19.0 Å². The third-order valence-corrected chi connectivity index (χ3v) is 4.05. The quantitative estimate of drug-likeness (QED) is 0.856. The van der Waals surface area contributed by atoms with Crippen LogP contribution in [0.3, 0.4) is 0 Å². The third-order valence-electron chi connectivity index (χ3n) is 3.31. The first-order chi connectivity index (χ1) is 9.13. The molecule has 5 heteroatoms. The van der Waals surface area contributed by atoms with Crippen LogP contribution < -0.4 is 0 Å². The lowest BCUT2D eigenvalue weighted by molar-refractivity contribution is -0.126. The fraction of sp³-hybridized carbons (Fsp3) is 0.429. The minimum Gasteiger partial charge on any atom is -0.381 e. The van der Waals surface area contributed by atoms with E-state index in [4.69, 9.17) is 27.9 Å². The van der Waals surface area contributed by atoms with Crippen molar-refractivity contribution < 1.29 is 9.53 Å². The topological polar surface area (TPSA) is 50.1 Å². The summed E-state index contributed by atoms with van der Waals surface area (Å²) in [5, 5.41) is 10.0. The van der Waals surface area contributed by atoms with Gasteiger partial charge in [0.05, 0.1) is 16.1 Å². The molecule has 0 aromatic heterocycles. The zero-order valence-electron chi connectivity index (χ0n) is 10.2. The second-order valence-corrected chi connectivity index (χ2v) is 5.34. The minimum absolute atomic E-state index is 0.0517. The van der Waals surface area contributed by atoms with Crippen molar-refractivity contribution in [3.63, 3.8) is 0 Å². The monoisotopic (exact) mass is 297 g/mol. The van der Waals surface area contributed by atoms with Crippen LogP contribution in [0.2, 0.25) is 10.0 Å². The number of benzene rings is 1. The molecule has 1 atom stereocenters. The number of ketones is 1. The highest BCUT2D eigenvalue weighted by atomic mass is 35.5. The van der Waals surface area contributed by atoms with Gasteiger partial charge in [0, 0.05) is 19.1 Å². The van der Waals surface area contributed by atoms with Crippen molar-refractivity contribution in [3.8, 4) is 6.07 Å². The van der Waals surface area contributed by atoms with Crippen molar-refractivity contribution in [1.82, 2.24) is 0 Å². The van der Waals surface area contributed by atoms with E-state index in [0.29, 0.717) is 41.7 Å². The van der Waals surface area contributed by atoms with Crippen molar-refractivity contribution >= 4 is 29.0 Å². The molecule has 0 aliphatic carbocycles. The molecular weight excluding hydrogens is 285 g/mol. The molecule has 0 saturated carbocycles. The first kappa shape index (κ1) is 14.3. The van der Waals surface area contributed by atoms with Gasteiger partial charge in [0.2, 0.25) is 0 Å². The van der Waals surface area contributed by atoms with Crippen LogP contribution in [0.5, 0.6) is 0 Å². The van der Waals surface area contributed by atoms with E-state index in [2.05, 4.69) is 6.07 Å². The summed E-state index contributed by atoms with van der Waals surface area (Å²) in [4.78, 5) is 12.4. The molecule has 0 bridgehead atoms. The largest absolute Gasteiger partial charge is 0.381 e. The number of carbonyl (C=O) groups excluding carboxylic acids is 1. The Balaban J connectivity index is 2.21. The molecule has 1 heterocycles. The van der Waals surface area contributed by atoms with Gasteiger partial charge in [-0.3, -0.25) is 4.79 Å². The smallest absolute Gasteiger partial charge is 0.157 e. The molecule has 0 spiro atoms. The summed E-state index contributed by atoms with van der Waals surface area (Å²) in [6, 6.07) is 6.95. The minimum atomic E-state index is -0.780. The molecule has 0 N–H and O–H groups in total. The van der Waals surface area contributed by atoms with Crippen molar-refractivity contribution in [2.24, 2.45) is 5.92 Å². The Morgan fingerprint density at radius 2 is 2.00 bits per heavy atom. The maximum atomic E-state index is 12.4. The molecule has 1 aromatic carbocycles. The van der Waals surface area contributed by atoms with Gasteiger partial charge >= 0.3 is 0 Å². The number of ether oxygens (including phenoxy) is 1. The fourth-order valence-electron chi connectivity index (χ4n) is 2.21. The number of carbonyl (C=O) groups is 1. The van der Waals surface area contributed by atoms with Gasteiger partial charge in [-0.2, -0.15) is 5.26 Å². The average Bonchev–Trinajstić information content (AvgIpc) is 2.44. The molecule has 1 fully saturated rings. The molecule has 3 nitrogen and oxygen atoms in total. The Morgan fingerprint density at radius 1 is 1.32 bits per heavy atom. The highest BCUT2D eigenvalue weighted by Gasteiger charge is 2.29. The van der Waals surface area contributed by atoms with Gasteiger partial charge in [-0.25, -0.2) is 0 Å². The standard InChI is InChI=1S/C14H13Cl2NO2/c15-12-2-1-10(7-13(12)16)11(8-17)14(18)9-3-5-19-6-4-9/h1-2,7,9,11H,3-6H2. The summed E-state index contributed by atoms with van der Waals surface area (Å²) < 4.78 is 5.23. The molecule has 1 unspecified atom stereocenters. The number of nitrogens with zero attached hydrogens (tertiary/aromatic N) is 1. The molecule has 19 heavy (non-hydrogen) atoms. The molecule has 1 aliphatic rings. The van der Waals surface area contributed by atoms with Gasteiger partial charge in [-0.1, -0.05) is 29.3 Å². The lowest BCUT2D eigenvalue weighted by Crippen LogP contribution is -2.27. The van der Waals surface area contributed by atoms with Gasteiger partial charge < -0.3 is 4.74 Å². The number of hydrogen-bond donors (Lipinski definition) is 0. The van der Waals surface area contributed by atoms with Gasteiger partial charge in [0.25, 0.3) is 0 Å². The van der Waals surface area contributed by atoms with Crippen molar-refractivity contribution in [2.45, 2.75) is 18.8 Å². The van der Waals surface area contributed by atoms with Crippen molar-refractivity contribution in [3.05, 3.63) is 33.8 Å². The molecule has 1 aromatic rings. The summed E-state index contributed by atoms with van der Waals surface area (Å²) in [7, 11) is 0. The van der Waals surface area contributed by atoms with E-state index >= 15 is 0 Å². The Hall–Kier alpha value is -1.08. The van der Waals surface area contributed by atoms with E-state index in [1.54, 1.807) is 18.2 Å². The second-order valence-electron chi connectivity index (χ2n) is 4.52. The molecule has 1 aliphatic heterocycles. The zero-order chi connectivity index (χ0) is 13.8. The number of halogens is 2. The lowest BCUT2D eigenvalue weighted by Gasteiger charge is -2.23. The second kappa shape index (κ2) is 6.38. The van der Waals surface area contributed by atoms with Gasteiger partial charge in [-0.15, -0.1) is 0 Å². The normalized spacial score (nSPS) is 17.7. The first-order valence-corrected chi connectivity index (χ1v) is 6.85. The maximum Gasteiger partial charge on any atom is 0.157 e. The summed E-state index contributed by atoms with van der Waals surface area (Å²) in [6.07, 6.45) is 1.36. The van der Waals surface area contributed by atoms with Crippen LogP contribution in [0.25, 0.3) is 0 Å². The number of hydrogen-bond acceptors (Lipinski definition) is 3. The average molecular weight is 298 g/mol. The van der Waals surface area contributed by atoms with Crippen LogP contribution in [0.1, 0.15) is 24.3 Å². The van der Waals surface area contributed by atoms with E-state index in [0.717, 1.165) is 0 Å². The maximum absolute atomic E-state index is 12.4. The van der Waals surface area contributed by atoms with E-state index in [9.17, 15) is 10.1 Å². The van der Waals surface area contributed by atoms with Gasteiger partial charge in [-0.05, 0) is 30.5 Å². The molecule has 2 rings (SSSR count). The van der Waals surface area contributed by atoms with E-state index < -0.39 is 5.92 Å². The summed E-state index contributed by atoms with van der Waals surface area (Å²) >= 11 is 11.8. The van der Waals surface area contributed by atoms with Crippen LogP contribution >= 0.6 is 23.2 Å². The Kier molecular flexibility index (Phi) is 4.81. The fourth-order valence-corrected chi connectivity index (χ4v) is 2.52. The van der Waals surface area contributed by atoms with E-state index in [1.807, 2.05) is 0 Å². The van der Waals surface area contributed by atoms with E-state index in [-0.39, 0.29) is 11.7 Å². The molecule has 100 valence electrons. The molecule has 0 amide bonds. The number of Topliss-reactive ketones (excluding diaryl/α,β-unsaturated/α-hetero) is 1.